The summed E-state index contributed by atoms with van der Waals surface area (Å²) in [6.07, 6.45) is 8.86. The first-order valence-corrected chi connectivity index (χ1v) is 11.0. The molecule has 0 radical (unpaired) electrons. The number of guanidine groups is 1. The summed E-state index contributed by atoms with van der Waals surface area (Å²) >= 11 is 1.84. The van der Waals surface area contributed by atoms with Crippen LogP contribution in [0.3, 0.4) is 0 Å². The molecule has 1 fully saturated rings. The summed E-state index contributed by atoms with van der Waals surface area (Å²) in [4.78, 5) is 9.16. The Morgan fingerprint density at radius 2 is 1.89 bits per heavy atom. The minimum Gasteiger partial charge on any atom is -0.363 e. The molecular weight excluding hydrogens is 469 g/mol. The first kappa shape index (κ1) is 24.5. The van der Waals surface area contributed by atoms with E-state index in [1.807, 2.05) is 18.4 Å². The Bertz CT molecular complexity index is 498. The van der Waals surface area contributed by atoms with Crippen LogP contribution in [-0.2, 0) is 0 Å². The first-order chi connectivity index (χ1) is 12.7. The maximum atomic E-state index is 4.40. The van der Waals surface area contributed by atoms with Gasteiger partial charge in [-0.05, 0) is 63.8 Å². The second-order valence-electron chi connectivity index (χ2n) is 7.43. The van der Waals surface area contributed by atoms with Crippen LogP contribution in [-0.4, -0.2) is 64.2 Å². The van der Waals surface area contributed by atoms with Gasteiger partial charge >= 0.3 is 0 Å². The van der Waals surface area contributed by atoms with Crippen molar-refractivity contribution in [3.8, 4) is 0 Å². The Morgan fingerprint density at radius 3 is 2.52 bits per heavy atom. The second-order valence-corrected chi connectivity index (χ2v) is 8.35. The van der Waals surface area contributed by atoms with E-state index in [1.54, 1.807) is 0 Å². The highest BCUT2D eigenvalue weighted by atomic mass is 127. The van der Waals surface area contributed by atoms with Crippen molar-refractivity contribution >= 4 is 46.3 Å². The molecule has 2 N–H and O–H groups in total. The Kier molecular flexibility index (Phi) is 13.1. The number of anilines is 1. The van der Waals surface area contributed by atoms with Crippen LogP contribution in [0.4, 0.5) is 5.00 Å². The maximum absolute atomic E-state index is 4.40. The predicted octanol–water partition coefficient (Wildman–Crippen LogP) is 4.01. The lowest BCUT2D eigenvalue weighted by Crippen LogP contribution is -2.48. The molecule has 0 bridgehead atoms. The quantitative estimate of drug-likeness (QED) is 0.217. The van der Waals surface area contributed by atoms with Gasteiger partial charge in [-0.2, -0.15) is 0 Å². The number of aliphatic imine (C=N–C) groups is 1. The largest absolute Gasteiger partial charge is 0.363 e. The molecule has 0 saturated carbocycles. The van der Waals surface area contributed by atoms with E-state index in [4.69, 9.17) is 0 Å². The van der Waals surface area contributed by atoms with Crippen LogP contribution in [0.1, 0.15) is 44.9 Å². The van der Waals surface area contributed by atoms with Crippen LogP contribution in [0, 0.1) is 0 Å². The summed E-state index contributed by atoms with van der Waals surface area (Å²) in [7, 11) is 6.17. The van der Waals surface area contributed by atoms with Gasteiger partial charge in [0.05, 0.1) is 5.00 Å². The summed E-state index contributed by atoms with van der Waals surface area (Å²) in [6, 6.07) is 4.89. The van der Waals surface area contributed by atoms with Crippen molar-refractivity contribution in [1.29, 1.82) is 0 Å². The molecule has 7 heteroatoms. The molecular formula is C20H38IN5S. The van der Waals surface area contributed by atoms with Crippen LogP contribution in [0.5, 0.6) is 0 Å². The van der Waals surface area contributed by atoms with E-state index in [0.717, 1.165) is 25.6 Å². The van der Waals surface area contributed by atoms with Gasteiger partial charge < -0.3 is 20.4 Å². The molecule has 0 unspecified atom stereocenters. The Morgan fingerprint density at radius 1 is 1.19 bits per heavy atom. The number of nitrogens with one attached hydrogen (secondary N) is 2. The third-order valence-electron chi connectivity index (χ3n) is 4.95. The molecule has 0 aromatic carbocycles. The molecule has 1 aliphatic heterocycles. The van der Waals surface area contributed by atoms with Crippen molar-refractivity contribution < 1.29 is 0 Å². The lowest BCUT2D eigenvalue weighted by molar-refractivity contribution is 0.389. The fourth-order valence-electron chi connectivity index (χ4n) is 3.37. The summed E-state index contributed by atoms with van der Waals surface area (Å²) in [6.45, 7) is 4.48. The normalized spacial score (nSPS) is 15.7. The van der Waals surface area contributed by atoms with Crippen LogP contribution in [0.15, 0.2) is 22.5 Å². The van der Waals surface area contributed by atoms with Gasteiger partial charge in [0.1, 0.15) is 0 Å². The van der Waals surface area contributed by atoms with Crippen LogP contribution >= 0.6 is 35.3 Å². The fourth-order valence-corrected chi connectivity index (χ4v) is 4.16. The van der Waals surface area contributed by atoms with Crippen molar-refractivity contribution in [2.24, 2.45) is 4.99 Å². The van der Waals surface area contributed by atoms with E-state index >= 15 is 0 Å². The number of halogens is 1. The molecule has 1 aliphatic rings. The lowest BCUT2D eigenvalue weighted by Gasteiger charge is -2.33. The summed E-state index contributed by atoms with van der Waals surface area (Å²) in [5.41, 5.74) is 0. The van der Waals surface area contributed by atoms with Gasteiger partial charge in [-0.3, -0.25) is 4.99 Å². The van der Waals surface area contributed by atoms with Gasteiger partial charge in [-0.25, -0.2) is 0 Å². The molecule has 1 aromatic heterocycles. The minimum absolute atomic E-state index is 0. The minimum atomic E-state index is 0. The molecule has 2 rings (SSSR count). The molecule has 2 heterocycles. The topological polar surface area (TPSA) is 42.9 Å². The highest BCUT2D eigenvalue weighted by Gasteiger charge is 2.20. The summed E-state index contributed by atoms with van der Waals surface area (Å²) in [5.74, 6) is 0.965. The molecule has 0 amide bonds. The number of nitrogens with zero attached hydrogens (tertiary/aromatic N) is 3. The molecule has 0 atom stereocenters. The lowest BCUT2D eigenvalue weighted by atomic mass is 10.1. The standard InChI is InChI=1S/C20H37N5S.HI/c1-21-20(22-13-7-5-4-6-8-14-24(2)3)23-18-11-15-25(16-12-18)19-10-9-17-26-19;/h9-10,17-18H,4-8,11-16H2,1-3H3,(H2,21,22,23);1H. The third kappa shape index (κ3) is 9.99. The third-order valence-corrected chi connectivity index (χ3v) is 5.88. The van der Waals surface area contributed by atoms with Crippen LogP contribution in [0.25, 0.3) is 0 Å². The average molecular weight is 508 g/mol. The Labute approximate surface area is 187 Å². The number of thiophene rings is 1. The number of unbranched alkanes of at least 4 members (excludes halogenated alkanes) is 4. The van der Waals surface area contributed by atoms with Crippen molar-refractivity contribution in [3.63, 3.8) is 0 Å². The highest BCUT2D eigenvalue weighted by Crippen LogP contribution is 2.24. The smallest absolute Gasteiger partial charge is 0.191 e. The van der Waals surface area contributed by atoms with Gasteiger partial charge in [0.25, 0.3) is 0 Å². The van der Waals surface area contributed by atoms with Crippen molar-refractivity contribution in [2.75, 3.05) is 52.2 Å². The molecule has 0 spiro atoms. The van der Waals surface area contributed by atoms with E-state index in [0.29, 0.717) is 6.04 Å². The van der Waals surface area contributed by atoms with Gasteiger partial charge in [-0.1, -0.05) is 19.3 Å². The number of rotatable bonds is 10. The summed E-state index contributed by atoms with van der Waals surface area (Å²) < 4.78 is 0. The van der Waals surface area contributed by atoms with Crippen molar-refractivity contribution in [3.05, 3.63) is 17.5 Å². The van der Waals surface area contributed by atoms with E-state index in [-0.39, 0.29) is 24.0 Å². The van der Waals surface area contributed by atoms with E-state index in [1.165, 1.54) is 56.5 Å². The van der Waals surface area contributed by atoms with Gasteiger partial charge in [0.15, 0.2) is 5.96 Å². The van der Waals surface area contributed by atoms with Crippen LogP contribution in [0.2, 0.25) is 0 Å². The zero-order valence-electron chi connectivity index (χ0n) is 17.2. The molecule has 0 aliphatic carbocycles. The van der Waals surface area contributed by atoms with E-state index in [9.17, 15) is 0 Å². The second kappa shape index (κ2) is 14.5. The van der Waals surface area contributed by atoms with Gasteiger partial charge in [0.2, 0.25) is 0 Å². The van der Waals surface area contributed by atoms with E-state index < -0.39 is 0 Å². The highest BCUT2D eigenvalue weighted by molar-refractivity contribution is 14.0. The number of hydrogen-bond donors (Lipinski definition) is 2. The average Bonchev–Trinajstić information content (AvgIpc) is 3.18. The fraction of sp³-hybridized carbons (Fsp3) is 0.750. The van der Waals surface area contributed by atoms with Gasteiger partial charge in [-0.15, -0.1) is 35.3 Å². The predicted molar refractivity (Wildman–Crippen MR) is 131 cm³/mol. The molecule has 1 saturated heterocycles. The zero-order chi connectivity index (χ0) is 18.6. The maximum Gasteiger partial charge on any atom is 0.191 e. The van der Waals surface area contributed by atoms with Crippen LogP contribution < -0.4 is 15.5 Å². The molecule has 5 nitrogen and oxygen atoms in total. The van der Waals surface area contributed by atoms with Gasteiger partial charge in [0, 0.05) is 32.7 Å². The molecule has 1 aromatic rings. The Balaban J connectivity index is 0.00000364. The SMILES string of the molecule is CN=C(NCCCCCCCN(C)C)NC1CCN(c2cccs2)CC1.I. The van der Waals surface area contributed by atoms with E-state index in [2.05, 4.69) is 57.0 Å². The Hall–Kier alpha value is -0.540. The number of hydrogen-bond acceptors (Lipinski definition) is 4. The molecule has 27 heavy (non-hydrogen) atoms. The molecule has 156 valence electrons. The summed E-state index contributed by atoms with van der Waals surface area (Å²) in [5, 5.41) is 10.6. The first-order valence-electron chi connectivity index (χ1n) is 10.1. The van der Waals surface area contributed by atoms with Crippen molar-refractivity contribution in [2.45, 2.75) is 51.0 Å². The van der Waals surface area contributed by atoms with Crippen molar-refractivity contribution in [1.82, 2.24) is 15.5 Å². The monoisotopic (exact) mass is 507 g/mol. The zero-order valence-corrected chi connectivity index (χ0v) is 20.4. The number of piperidine rings is 1.